The molecule has 0 fully saturated rings. The van der Waals surface area contributed by atoms with Gasteiger partial charge in [-0.2, -0.15) is 0 Å². The predicted octanol–water partition coefficient (Wildman–Crippen LogP) is 2.37. The molecule has 1 aliphatic carbocycles. The molecule has 0 bridgehead atoms. The van der Waals surface area contributed by atoms with Crippen molar-refractivity contribution in [2.24, 2.45) is 0 Å². The van der Waals surface area contributed by atoms with E-state index in [9.17, 15) is 0 Å². The van der Waals surface area contributed by atoms with Crippen LogP contribution in [0, 0.1) is 0 Å². The van der Waals surface area contributed by atoms with Gasteiger partial charge in [0.15, 0.2) is 0 Å². The summed E-state index contributed by atoms with van der Waals surface area (Å²) in [6, 6.07) is 2.20. The quantitative estimate of drug-likeness (QED) is 0.715. The first-order valence-electron chi connectivity index (χ1n) is 4.26. The Balaban J connectivity index is 0.000000845. The summed E-state index contributed by atoms with van der Waals surface area (Å²) in [6.45, 7) is 0.681. The van der Waals surface area contributed by atoms with Gasteiger partial charge in [-0.15, -0.1) is 0 Å². The fourth-order valence-corrected chi connectivity index (χ4v) is 1.61. The number of rotatable bonds is 2. The maximum Gasteiger partial charge on any atom is 0.0862 e. The fourth-order valence-electron chi connectivity index (χ4n) is 1.61. The summed E-state index contributed by atoms with van der Waals surface area (Å²) in [4.78, 5) is 3.32. The highest BCUT2D eigenvalue weighted by atomic mass is 16.5. The van der Waals surface area contributed by atoms with Crippen LogP contribution in [0.5, 0.6) is 0 Å². The number of aromatic nitrogens is 1. The molecule has 0 aromatic carbocycles. The van der Waals surface area contributed by atoms with Crippen LogP contribution in [-0.4, -0.2) is 12.1 Å². The van der Waals surface area contributed by atoms with Gasteiger partial charge in [-0.05, 0) is 30.5 Å². The Morgan fingerprint density at radius 1 is 1.67 bits per heavy atom. The standard InChI is InChI=1S/C10H13NO.H2/c1-12-7-9-6-8-4-2-3-5-10(8)11-9;/h3,5-6,11H,2,4,7H2,1H3;1H. The number of allylic oxidation sites excluding steroid dienone is 1. The fraction of sp³-hybridized carbons (Fsp3) is 0.400. The lowest BCUT2D eigenvalue weighted by Gasteiger charge is -2.01. The van der Waals surface area contributed by atoms with E-state index in [1.54, 1.807) is 7.11 Å². The van der Waals surface area contributed by atoms with E-state index in [1.165, 1.54) is 17.0 Å². The molecular formula is C10H15NO. The van der Waals surface area contributed by atoms with Gasteiger partial charge in [-0.25, -0.2) is 0 Å². The molecule has 12 heavy (non-hydrogen) atoms. The average molecular weight is 165 g/mol. The van der Waals surface area contributed by atoms with E-state index in [0.717, 1.165) is 12.8 Å². The van der Waals surface area contributed by atoms with Gasteiger partial charge in [0.1, 0.15) is 0 Å². The Labute approximate surface area is 73.7 Å². The zero-order valence-corrected chi connectivity index (χ0v) is 7.26. The van der Waals surface area contributed by atoms with Crippen molar-refractivity contribution in [3.8, 4) is 0 Å². The van der Waals surface area contributed by atoms with Gasteiger partial charge in [0.2, 0.25) is 0 Å². The minimum absolute atomic E-state index is 0. The highest BCUT2D eigenvalue weighted by Crippen LogP contribution is 2.19. The zero-order chi connectivity index (χ0) is 8.39. The Kier molecular flexibility index (Phi) is 2.00. The molecule has 0 unspecified atom stereocenters. The van der Waals surface area contributed by atoms with E-state index in [0.29, 0.717) is 6.61 Å². The van der Waals surface area contributed by atoms with Crippen LogP contribution >= 0.6 is 0 Å². The molecule has 0 saturated heterocycles. The monoisotopic (exact) mass is 165 g/mol. The SMILES string of the molecule is COCc1cc2c([nH]1)C=CCC2.[HH]. The molecule has 2 heteroatoms. The molecule has 2 rings (SSSR count). The topological polar surface area (TPSA) is 25.0 Å². The highest BCUT2D eigenvalue weighted by Gasteiger charge is 2.07. The van der Waals surface area contributed by atoms with Crippen molar-refractivity contribution in [2.75, 3.05) is 7.11 Å². The lowest BCUT2D eigenvalue weighted by atomic mass is 10.1. The van der Waals surface area contributed by atoms with Gasteiger partial charge in [0.05, 0.1) is 6.61 Å². The largest absolute Gasteiger partial charge is 0.378 e. The van der Waals surface area contributed by atoms with Crippen LogP contribution in [0.4, 0.5) is 0 Å². The Morgan fingerprint density at radius 2 is 2.58 bits per heavy atom. The van der Waals surface area contributed by atoms with Gasteiger partial charge in [0, 0.05) is 19.9 Å². The van der Waals surface area contributed by atoms with Crippen LogP contribution in [0.1, 0.15) is 24.8 Å². The zero-order valence-electron chi connectivity index (χ0n) is 7.26. The summed E-state index contributed by atoms with van der Waals surface area (Å²) in [6.07, 6.45) is 6.68. The molecule has 0 saturated carbocycles. The van der Waals surface area contributed by atoms with Gasteiger partial charge in [-0.1, -0.05) is 6.08 Å². The molecule has 1 N–H and O–H groups in total. The summed E-state index contributed by atoms with van der Waals surface area (Å²) in [5.74, 6) is 0. The summed E-state index contributed by atoms with van der Waals surface area (Å²) in [7, 11) is 1.72. The number of nitrogens with one attached hydrogen (secondary N) is 1. The van der Waals surface area contributed by atoms with Crippen molar-refractivity contribution in [3.05, 3.63) is 29.1 Å². The van der Waals surface area contributed by atoms with Crippen molar-refractivity contribution < 1.29 is 6.16 Å². The number of ether oxygens (including phenoxy) is 1. The normalized spacial score (nSPS) is 14.8. The number of H-pyrrole nitrogens is 1. The molecule has 0 radical (unpaired) electrons. The van der Waals surface area contributed by atoms with Crippen LogP contribution in [0.15, 0.2) is 12.1 Å². The second-order valence-electron chi connectivity index (χ2n) is 3.11. The van der Waals surface area contributed by atoms with E-state index in [4.69, 9.17) is 4.74 Å². The Hall–Kier alpha value is -1.02. The van der Waals surface area contributed by atoms with Crippen molar-refractivity contribution >= 4 is 6.08 Å². The summed E-state index contributed by atoms with van der Waals surface area (Å²) in [5, 5.41) is 0. The third kappa shape index (κ3) is 1.30. The lowest BCUT2D eigenvalue weighted by Crippen LogP contribution is -1.89. The average Bonchev–Trinajstić information content (AvgIpc) is 2.47. The Bertz CT molecular complexity index is 304. The van der Waals surface area contributed by atoms with E-state index >= 15 is 0 Å². The second kappa shape index (κ2) is 3.15. The number of methoxy groups -OCH3 is 1. The lowest BCUT2D eigenvalue weighted by molar-refractivity contribution is 0.182. The number of aromatic amines is 1. The molecule has 1 aromatic heterocycles. The van der Waals surface area contributed by atoms with Crippen LogP contribution in [0.3, 0.4) is 0 Å². The molecule has 0 amide bonds. The van der Waals surface area contributed by atoms with Crippen molar-refractivity contribution in [2.45, 2.75) is 19.4 Å². The van der Waals surface area contributed by atoms with E-state index < -0.39 is 0 Å². The molecule has 1 aromatic rings. The van der Waals surface area contributed by atoms with Crippen LogP contribution in [-0.2, 0) is 17.8 Å². The summed E-state index contributed by atoms with van der Waals surface area (Å²) in [5.41, 5.74) is 3.85. The third-order valence-electron chi connectivity index (χ3n) is 2.15. The molecule has 66 valence electrons. The number of fused-ring (bicyclic) bond motifs is 1. The number of hydrogen-bond acceptors (Lipinski definition) is 1. The third-order valence-corrected chi connectivity index (χ3v) is 2.15. The van der Waals surface area contributed by atoms with Crippen LogP contribution in [0.2, 0.25) is 0 Å². The number of aryl methyl sites for hydroxylation is 1. The van der Waals surface area contributed by atoms with E-state index in [-0.39, 0.29) is 1.43 Å². The second-order valence-corrected chi connectivity index (χ2v) is 3.11. The van der Waals surface area contributed by atoms with Crippen LogP contribution in [0.25, 0.3) is 6.08 Å². The first-order chi connectivity index (χ1) is 5.90. The summed E-state index contributed by atoms with van der Waals surface area (Å²) < 4.78 is 5.05. The summed E-state index contributed by atoms with van der Waals surface area (Å²) >= 11 is 0. The first-order valence-corrected chi connectivity index (χ1v) is 4.26. The van der Waals surface area contributed by atoms with Gasteiger partial charge in [-0.3, -0.25) is 0 Å². The maximum absolute atomic E-state index is 5.05. The van der Waals surface area contributed by atoms with Gasteiger partial charge < -0.3 is 9.72 Å². The minimum Gasteiger partial charge on any atom is -0.378 e. The smallest absolute Gasteiger partial charge is 0.0862 e. The Morgan fingerprint density at radius 3 is 3.33 bits per heavy atom. The van der Waals surface area contributed by atoms with Crippen molar-refractivity contribution in [1.29, 1.82) is 0 Å². The van der Waals surface area contributed by atoms with Crippen molar-refractivity contribution in [1.82, 2.24) is 4.98 Å². The molecule has 1 aliphatic rings. The van der Waals surface area contributed by atoms with Gasteiger partial charge >= 0.3 is 0 Å². The molecule has 0 spiro atoms. The first kappa shape index (κ1) is 7.62. The highest BCUT2D eigenvalue weighted by molar-refractivity contribution is 5.53. The van der Waals surface area contributed by atoms with E-state index in [1.807, 2.05) is 0 Å². The predicted molar refractivity (Wildman–Crippen MR) is 51.0 cm³/mol. The minimum atomic E-state index is 0. The van der Waals surface area contributed by atoms with Gasteiger partial charge in [0.25, 0.3) is 0 Å². The number of hydrogen-bond donors (Lipinski definition) is 1. The van der Waals surface area contributed by atoms with Crippen molar-refractivity contribution in [3.63, 3.8) is 0 Å². The maximum atomic E-state index is 5.05. The molecule has 2 nitrogen and oxygen atoms in total. The van der Waals surface area contributed by atoms with Crippen LogP contribution < -0.4 is 0 Å². The molecule has 0 aliphatic heterocycles. The van der Waals surface area contributed by atoms with E-state index in [2.05, 4.69) is 23.2 Å². The molecule has 0 atom stereocenters. The molecule has 1 heterocycles. The molecular weight excluding hydrogens is 150 g/mol.